The van der Waals surface area contributed by atoms with E-state index in [1.165, 1.54) is 19.2 Å². The SMILES string of the molecule is COc1ccccc1C1C(C#N)=C(N)Oc2cc(O)c3c(C)cc(=O)oc3c21. The minimum Gasteiger partial charge on any atom is -0.507 e. The Hall–Kier alpha value is -3.92. The number of nitrogens with two attached hydrogens (primary N) is 1. The number of aromatic hydroxyl groups is 1. The maximum absolute atomic E-state index is 12.1. The number of phenolic OH excluding ortho intramolecular Hbond substituents is 1. The average molecular weight is 376 g/mol. The van der Waals surface area contributed by atoms with Gasteiger partial charge in [0.25, 0.3) is 0 Å². The Morgan fingerprint density at radius 1 is 1.29 bits per heavy atom. The van der Waals surface area contributed by atoms with Gasteiger partial charge in [-0.1, -0.05) is 18.2 Å². The van der Waals surface area contributed by atoms with Crippen LogP contribution in [-0.2, 0) is 0 Å². The number of nitrogens with zero attached hydrogens (tertiary/aromatic N) is 1. The van der Waals surface area contributed by atoms with Crippen LogP contribution in [-0.4, -0.2) is 12.2 Å². The fourth-order valence-electron chi connectivity index (χ4n) is 3.66. The van der Waals surface area contributed by atoms with Crippen molar-refractivity contribution in [1.82, 2.24) is 0 Å². The first-order valence-electron chi connectivity index (χ1n) is 8.47. The summed E-state index contributed by atoms with van der Waals surface area (Å²) in [6.45, 7) is 1.70. The minimum absolute atomic E-state index is 0.0837. The molecule has 28 heavy (non-hydrogen) atoms. The summed E-state index contributed by atoms with van der Waals surface area (Å²) in [5.74, 6) is -0.136. The number of hydrogen-bond acceptors (Lipinski definition) is 7. The lowest BCUT2D eigenvalue weighted by atomic mass is 9.82. The monoisotopic (exact) mass is 376 g/mol. The van der Waals surface area contributed by atoms with Gasteiger partial charge in [-0.25, -0.2) is 4.79 Å². The van der Waals surface area contributed by atoms with Crippen molar-refractivity contribution in [2.45, 2.75) is 12.8 Å². The zero-order chi connectivity index (χ0) is 20.0. The van der Waals surface area contributed by atoms with Crippen molar-refractivity contribution in [1.29, 1.82) is 5.26 Å². The Balaban J connectivity index is 2.17. The molecule has 3 aromatic rings. The van der Waals surface area contributed by atoms with Gasteiger partial charge in [-0.15, -0.1) is 0 Å². The van der Waals surface area contributed by atoms with E-state index >= 15 is 0 Å². The first-order chi connectivity index (χ1) is 13.5. The molecule has 0 saturated carbocycles. The number of phenols is 1. The lowest BCUT2D eigenvalue weighted by Gasteiger charge is -2.28. The van der Waals surface area contributed by atoms with Gasteiger partial charge >= 0.3 is 5.63 Å². The van der Waals surface area contributed by atoms with Gasteiger partial charge in [-0.3, -0.25) is 0 Å². The van der Waals surface area contributed by atoms with Crippen LogP contribution in [0.4, 0.5) is 0 Å². The number of allylic oxidation sites excluding steroid dienone is 1. The molecule has 7 nitrogen and oxygen atoms in total. The van der Waals surface area contributed by atoms with E-state index in [4.69, 9.17) is 19.6 Å². The maximum atomic E-state index is 12.1. The highest BCUT2D eigenvalue weighted by molar-refractivity contribution is 5.92. The van der Waals surface area contributed by atoms with Crippen LogP contribution >= 0.6 is 0 Å². The number of benzene rings is 2. The molecule has 3 N–H and O–H groups in total. The smallest absolute Gasteiger partial charge is 0.336 e. The second kappa shape index (κ2) is 6.35. The fourth-order valence-corrected chi connectivity index (χ4v) is 3.66. The Morgan fingerprint density at radius 2 is 2.04 bits per heavy atom. The van der Waals surface area contributed by atoms with Crippen LogP contribution in [0.15, 0.2) is 57.1 Å². The summed E-state index contributed by atoms with van der Waals surface area (Å²) in [5, 5.41) is 20.6. The summed E-state index contributed by atoms with van der Waals surface area (Å²) in [7, 11) is 1.53. The molecule has 0 spiro atoms. The third-order valence-corrected chi connectivity index (χ3v) is 4.83. The van der Waals surface area contributed by atoms with Crippen LogP contribution < -0.4 is 20.8 Å². The number of methoxy groups -OCH3 is 1. The third-order valence-electron chi connectivity index (χ3n) is 4.83. The summed E-state index contributed by atoms with van der Waals surface area (Å²) in [5.41, 5.74) is 7.37. The van der Waals surface area contributed by atoms with Crippen LogP contribution in [0, 0.1) is 18.3 Å². The highest BCUT2D eigenvalue weighted by atomic mass is 16.5. The van der Waals surface area contributed by atoms with E-state index in [1.807, 2.05) is 6.07 Å². The van der Waals surface area contributed by atoms with Gasteiger partial charge in [0, 0.05) is 17.7 Å². The van der Waals surface area contributed by atoms with Crippen LogP contribution in [0.2, 0.25) is 0 Å². The number of nitriles is 1. The molecule has 0 radical (unpaired) electrons. The maximum Gasteiger partial charge on any atom is 0.336 e. The van der Waals surface area contributed by atoms with Gasteiger partial charge in [0.05, 0.1) is 24.0 Å². The number of hydrogen-bond donors (Lipinski definition) is 2. The number of rotatable bonds is 2. The van der Waals surface area contributed by atoms with Crippen molar-refractivity contribution in [3.63, 3.8) is 0 Å². The van der Waals surface area contributed by atoms with Crippen molar-refractivity contribution in [3.05, 3.63) is 75.0 Å². The highest BCUT2D eigenvalue weighted by Gasteiger charge is 2.36. The van der Waals surface area contributed by atoms with Crippen LogP contribution in [0.1, 0.15) is 22.6 Å². The molecule has 2 heterocycles. The molecule has 1 aliphatic heterocycles. The van der Waals surface area contributed by atoms with Gasteiger partial charge in [-0.05, 0) is 18.6 Å². The normalized spacial score (nSPS) is 15.7. The van der Waals surface area contributed by atoms with E-state index in [9.17, 15) is 15.2 Å². The zero-order valence-corrected chi connectivity index (χ0v) is 15.1. The largest absolute Gasteiger partial charge is 0.507 e. The number of ether oxygens (including phenoxy) is 2. The van der Waals surface area contributed by atoms with Crippen LogP contribution in [0.25, 0.3) is 11.0 Å². The molecular weight excluding hydrogens is 360 g/mol. The minimum atomic E-state index is -0.696. The molecule has 0 bridgehead atoms. The Morgan fingerprint density at radius 3 is 2.75 bits per heavy atom. The molecule has 1 atom stereocenters. The van der Waals surface area contributed by atoms with Gasteiger partial charge < -0.3 is 24.7 Å². The first-order valence-corrected chi connectivity index (χ1v) is 8.47. The van der Waals surface area contributed by atoms with E-state index in [1.54, 1.807) is 25.1 Å². The molecule has 1 aromatic heterocycles. The molecule has 7 heteroatoms. The lowest BCUT2D eigenvalue weighted by Crippen LogP contribution is -2.22. The molecule has 4 rings (SSSR count). The first kappa shape index (κ1) is 17.5. The Kier molecular flexibility index (Phi) is 3.97. The summed E-state index contributed by atoms with van der Waals surface area (Å²) in [4.78, 5) is 12.1. The quantitative estimate of drug-likeness (QED) is 0.660. The fraction of sp³-hybridized carbons (Fsp3) is 0.143. The summed E-state index contributed by atoms with van der Waals surface area (Å²) < 4.78 is 16.5. The summed E-state index contributed by atoms with van der Waals surface area (Å²) in [6.07, 6.45) is 0. The second-order valence-corrected chi connectivity index (χ2v) is 6.43. The molecule has 1 unspecified atom stereocenters. The highest BCUT2D eigenvalue weighted by Crippen LogP contribution is 2.49. The third kappa shape index (κ3) is 2.47. The lowest BCUT2D eigenvalue weighted by molar-refractivity contribution is 0.382. The van der Waals surface area contributed by atoms with Crippen LogP contribution in [0.3, 0.4) is 0 Å². The molecule has 0 aliphatic carbocycles. The molecule has 0 amide bonds. The summed E-state index contributed by atoms with van der Waals surface area (Å²) in [6, 6.07) is 12.0. The van der Waals surface area contributed by atoms with Gasteiger partial charge in [0.15, 0.2) is 0 Å². The molecule has 140 valence electrons. The molecule has 1 aliphatic rings. The van der Waals surface area contributed by atoms with Crippen molar-refractivity contribution in [2.75, 3.05) is 7.11 Å². The number of fused-ring (bicyclic) bond motifs is 3. The van der Waals surface area contributed by atoms with E-state index in [-0.39, 0.29) is 28.5 Å². The van der Waals surface area contributed by atoms with Crippen molar-refractivity contribution >= 4 is 11.0 Å². The van der Waals surface area contributed by atoms with Gasteiger partial charge in [-0.2, -0.15) is 5.26 Å². The van der Waals surface area contributed by atoms with Crippen molar-refractivity contribution in [2.24, 2.45) is 5.73 Å². The molecule has 0 fully saturated rings. The Labute approximate surface area is 159 Å². The molecule has 0 saturated heterocycles. The van der Waals surface area contributed by atoms with Crippen molar-refractivity contribution < 1.29 is 19.0 Å². The van der Waals surface area contributed by atoms with Gasteiger partial charge in [0.2, 0.25) is 5.88 Å². The van der Waals surface area contributed by atoms with Crippen molar-refractivity contribution in [3.8, 4) is 23.3 Å². The predicted molar refractivity (Wildman–Crippen MR) is 101 cm³/mol. The average Bonchev–Trinajstić information content (AvgIpc) is 2.66. The molecule has 2 aromatic carbocycles. The standard InChI is InChI=1S/C21H16N2O5/c1-10-7-16(25)28-20-17(10)13(24)8-15-19(20)18(12(9-22)21(23)27-15)11-5-3-4-6-14(11)26-2/h3-8,18,24H,23H2,1-2H3. The second-order valence-electron chi connectivity index (χ2n) is 6.43. The number of aryl methyl sites for hydroxylation is 1. The predicted octanol–water partition coefficient (Wildman–Crippen LogP) is 3.03. The summed E-state index contributed by atoms with van der Waals surface area (Å²) >= 11 is 0. The van der Waals surface area contributed by atoms with E-state index < -0.39 is 11.5 Å². The zero-order valence-electron chi connectivity index (χ0n) is 15.1. The van der Waals surface area contributed by atoms with E-state index in [0.29, 0.717) is 27.8 Å². The van der Waals surface area contributed by atoms with Gasteiger partial charge in [0.1, 0.15) is 34.5 Å². The molecular formula is C21H16N2O5. The van der Waals surface area contributed by atoms with E-state index in [2.05, 4.69) is 6.07 Å². The Bertz CT molecular complexity index is 1250. The van der Waals surface area contributed by atoms with Crippen LogP contribution in [0.5, 0.6) is 17.2 Å². The van der Waals surface area contributed by atoms with E-state index in [0.717, 1.165) is 0 Å². The number of para-hydroxylation sites is 1. The topological polar surface area (TPSA) is 119 Å².